The van der Waals surface area contributed by atoms with Crippen molar-refractivity contribution in [3.63, 3.8) is 0 Å². The normalized spacial score (nSPS) is 26.4. The molecule has 0 aliphatic carbocycles. The summed E-state index contributed by atoms with van der Waals surface area (Å²) in [6.45, 7) is 3.50. The van der Waals surface area contributed by atoms with E-state index in [-0.39, 0.29) is 23.5 Å². The van der Waals surface area contributed by atoms with Crippen LogP contribution >= 0.6 is 23.5 Å². The van der Waals surface area contributed by atoms with Crippen molar-refractivity contribution >= 4 is 40.6 Å². The maximum Gasteiger partial charge on any atom is 0.490 e. The fraction of sp³-hybridized carbons (Fsp3) is 0.588. The highest BCUT2D eigenvalue weighted by atomic mass is 31.3. The number of nitrogen functional groups attached to an aromatic ring is 1. The summed E-state index contributed by atoms with van der Waals surface area (Å²) in [4.78, 5) is 59.3. The molecule has 0 aromatic carbocycles. The lowest BCUT2D eigenvalue weighted by Gasteiger charge is -2.28. The Morgan fingerprint density at radius 2 is 1.87 bits per heavy atom. The van der Waals surface area contributed by atoms with Gasteiger partial charge in [-0.05, 0) is 19.8 Å². The van der Waals surface area contributed by atoms with Gasteiger partial charge in [0.05, 0.1) is 6.33 Å². The smallest absolute Gasteiger partial charge is 0.387 e. The molecule has 3 rings (SSSR count). The molecule has 220 valence electrons. The minimum atomic E-state index is -5.82. The number of hydrogen-bond donors (Lipinski definition) is 8. The third-order valence-corrected chi connectivity index (χ3v) is 9.22. The zero-order valence-electron chi connectivity index (χ0n) is 20.4. The van der Waals surface area contributed by atoms with Crippen LogP contribution in [0.2, 0.25) is 0 Å². The lowest BCUT2D eigenvalue weighted by atomic mass is 9.99. The Morgan fingerprint density at radius 3 is 2.49 bits per heavy atom. The zero-order chi connectivity index (χ0) is 29.3. The van der Waals surface area contributed by atoms with E-state index in [1.807, 2.05) is 6.92 Å². The molecule has 2 aromatic heterocycles. The number of aromatic nitrogens is 4. The molecule has 1 aliphatic rings. The molecule has 0 saturated carbocycles. The summed E-state index contributed by atoms with van der Waals surface area (Å²) in [5.41, 5.74) is 5.17. The molecule has 1 fully saturated rings. The van der Waals surface area contributed by atoms with E-state index in [2.05, 4.69) is 23.6 Å². The number of aliphatic hydroxyl groups is 2. The first-order valence-electron chi connectivity index (χ1n) is 11.1. The number of imidazole rings is 1. The Hall–Kier alpha value is -1.82. The number of anilines is 1. The van der Waals surface area contributed by atoms with Gasteiger partial charge in [-0.15, -0.1) is 0 Å². The van der Waals surface area contributed by atoms with Crippen molar-refractivity contribution in [1.29, 1.82) is 0 Å². The monoisotopic (exact) mass is 619 g/mol. The standard InChI is InChI=1S/C17H28N5O14P3/c1-3-4-5-8(2)6-9(34-38(29,30)36-39(31,32)35-37(26,27)28)13-11(23)12(24)16(33-13)22-7-19-10-14(22)20-17(18)21-15(10)25/h5,7,9,11-13,16,23-24H,3-4,6H2,1-2H3,(H,29,30)(H,31,32)(H2,26,27,28)(H3,18,20,21,25)/t9?,11-,12+,13+,16+/m0/s1. The van der Waals surface area contributed by atoms with Crippen molar-refractivity contribution in [3.05, 3.63) is 28.3 Å². The molecule has 39 heavy (non-hydrogen) atoms. The maximum absolute atomic E-state index is 12.6. The number of allylic oxidation sites excluding steroid dienone is 1. The first-order chi connectivity index (χ1) is 17.9. The van der Waals surface area contributed by atoms with Gasteiger partial charge in [0, 0.05) is 0 Å². The van der Waals surface area contributed by atoms with Gasteiger partial charge in [-0.25, -0.2) is 18.7 Å². The first-order valence-corrected chi connectivity index (χ1v) is 15.7. The summed E-state index contributed by atoms with van der Waals surface area (Å²) in [6, 6.07) is 0. The number of H-pyrrole nitrogens is 1. The summed E-state index contributed by atoms with van der Waals surface area (Å²) in [7, 11) is -17.1. The van der Waals surface area contributed by atoms with Gasteiger partial charge in [0.15, 0.2) is 17.4 Å². The van der Waals surface area contributed by atoms with E-state index in [4.69, 9.17) is 24.8 Å². The molecule has 7 atom stereocenters. The van der Waals surface area contributed by atoms with E-state index >= 15 is 0 Å². The molecular weight excluding hydrogens is 591 g/mol. The van der Waals surface area contributed by atoms with Crippen molar-refractivity contribution < 1.29 is 61.4 Å². The minimum absolute atomic E-state index is 0.114. The van der Waals surface area contributed by atoms with Gasteiger partial charge in [0.25, 0.3) is 5.56 Å². The predicted molar refractivity (Wildman–Crippen MR) is 131 cm³/mol. The van der Waals surface area contributed by atoms with Crippen LogP contribution < -0.4 is 11.3 Å². The zero-order valence-corrected chi connectivity index (χ0v) is 23.1. The second kappa shape index (κ2) is 12.0. The van der Waals surface area contributed by atoms with Gasteiger partial charge < -0.3 is 40.3 Å². The number of aromatic amines is 1. The van der Waals surface area contributed by atoms with Crippen LogP contribution in [0.3, 0.4) is 0 Å². The van der Waals surface area contributed by atoms with Gasteiger partial charge in [0.1, 0.15) is 24.4 Å². The molecule has 0 spiro atoms. The van der Waals surface area contributed by atoms with Crippen LogP contribution in [-0.4, -0.2) is 73.7 Å². The number of nitrogens with two attached hydrogens (primary N) is 1. The largest absolute Gasteiger partial charge is 0.490 e. The fourth-order valence-corrected chi connectivity index (χ4v) is 7.02. The number of unbranched alkanes of at least 4 members (excludes halogenated alkanes) is 1. The number of ether oxygens (including phenoxy) is 1. The number of phosphoric acid groups is 3. The molecule has 3 heterocycles. The van der Waals surface area contributed by atoms with Crippen molar-refractivity contribution in [1.82, 2.24) is 19.5 Å². The summed E-state index contributed by atoms with van der Waals surface area (Å²) >= 11 is 0. The second-order valence-electron chi connectivity index (χ2n) is 8.53. The number of nitrogens with zero attached hydrogens (tertiary/aromatic N) is 3. The number of phosphoric ester groups is 1. The van der Waals surface area contributed by atoms with E-state index in [1.54, 1.807) is 13.0 Å². The van der Waals surface area contributed by atoms with Gasteiger partial charge in [-0.3, -0.25) is 18.9 Å². The summed E-state index contributed by atoms with van der Waals surface area (Å²) in [6.07, 6.45) is -4.32. The SMILES string of the molecule is CCCC=C(C)CC(OP(=O)(O)OP(=O)(O)OP(=O)(O)O)[C@H]1O[C@@H](n2cnc3c(=O)[nH]c(N)nc32)[C@H](O)[C@@H]1O. The van der Waals surface area contributed by atoms with Crippen LogP contribution in [0.15, 0.2) is 22.8 Å². The van der Waals surface area contributed by atoms with Crippen molar-refractivity contribution in [2.45, 2.75) is 63.8 Å². The lowest BCUT2D eigenvalue weighted by molar-refractivity contribution is -0.0803. The molecule has 22 heteroatoms. The highest BCUT2D eigenvalue weighted by Crippen LogP contribution is 2.67. The number of nitrogens with one attached hydrogen (secondary N) is 1. The quantitative estimate of drug-likeness (QED) is 0.116. The Kier molecular flexibility index (Phi) is 9.73. The minimum Gasteiger partial charge on any atom is -0.387 e. The van der Waals surface area contributed by atoms with E-state index < -0.39 is 59.7 Å². The van der Waals surface area contributed by atoms with E-state index in [1.165, 1.54) is 0 Å². The lowest BCUT2D eigenvalue weighted by Crippen LogP contribution is -2.40. The van der Waals surface area contributed by atoms with Crippen LogP contribution in [0.5, 0.6) is 0 Å². The summed E-state index contributed by atoms with van der Waals surface area (Å²) in [5.74, 6) is -0.277. The molecule has 0 radical (unpaired) electrons. The van der Waals surface area contributed by atoms with Gasteiger partial charge in [-0.2, -0.15) is 13.6 Å². The van der Waals surface area contributed by atoms with Crippen molar-refractivity contribution in [2.75, 3.05) is 5.73 Å². The van der Waals surface area contributed by atoms with Gasteiger partial charge >= 0.3 is 23.5 Å². The summed E-state index contributed by atoms with van der Waals surface area (Å²) in [5, 5.41) is 21.5. The van der Waals surface area contributed by atoms with Crippen LogP contribution in [0, 0.1) is 0 Å². The first kappa shape index (κ1) is 31.7. The topological polar surface area (TPSA) is 299 Å². The van der Waals surface area contributed by atoms with Crippen molar-refractivity contribution in [2.24, 2.45) is 0 Å². The molecule has 0 amide bonds. The summed E-state index contributed by atoms with van der Waals surface area (Å²) < 4.78 is 54.7. The maximum atomic E-state index is 12.6. The van der Waals surface area contributed by atoms with E-state index in [0.717, 1.165) is 17.3 Å². The molecule has 0 bridgehead atoms. The molecular formula is C17H28N5O14P3. The molecule has 9 N–H and O–H groups in total. The number of hydrogen-bond acceptors (Lipinski definition) is 13. The molecule has 2 aromatic rings. The number of aliphatic hydroxyl groups excluding tert-OH is 2. The highest BCUT2D eigenvalue weighted by molar-refractivity contribution is 7.66. The third kappa shape index (κ3) is 8.11. The van der Waals surface area contributed by atoms with Gasteiger partial charge in [-0.1, -0.05) is 25.0 Å². The van der Waals surface area contributed by atoms with E-state index in [9.17, 15) is 38.5 Å². The third-order valence-electron chi connectivity index (χ3n) is 5.36. The number of fused-ring (bicyclic) bond motifs is 1. The second-order valence-corrected chi connectivity index (χ2v) is 12.9. The predicted octanol–water partition coefficient (Wildman–Crippen LogP) is 0.169. The Labute approximate surface area is 219 Å². The average Bonchev–Trinajstić information content (AvgIpc) is 3.30. The molecule has 3 unspecified atom stereocenters. The average molecular weight is 619 g/mol. The highest BCUT2D eigenvalue weighted by Gasteiger charge is 2.51. The molecule has 1 aliphatic heterocycles. The van der Waals surface area contributed by atoms with Crippen LogP contribution in [-0.2, 0) is 31.6 Å². The molecule has 19 nitrogen and oxygen atoms in total. The Bertz CT molecular complexity index is 1420. The Morgan fingerprint density at radius 1 is 1.21 bits per heavy atom. The number of rotatable bonds is 12. The van der Waals surface area contributed by atoms with Crippen LogP contribution in [0.4, 0.5) is 5.95 Å². The van der Waals surface area contributed by atoms with Crippen LogP contribution in [0.25, 0.3) is 11.2 Å². The Balaban J connectivity index is 1.94. The van der Waals surface area contributed by atoms with Crippen LogP contribution in [0.1, 0.15) is 39.3 Å². The fourth-order valence-electron chi connectivity index (χ4n) is 3.83. The van der Waals surface area contributed by atoms with E-state index in [0.29, 0.717) is 12.0 Å². The molecule has 1 saturated heterocycles. The van der Waals surface area contributed by atoms with Gasteiger partial charge in [0.2, 0.25) is 5.95 Å². The van der Waals surface area contributed by atoms with Crippen molar-refractivity contribution in [3.8, 4) is 0 Å².